The molecule has 2 aromatic rings. The average molecular weight is 481 g/mol. The molecule has 0 bridgehead atoms. The molecule has 0 radical (unpaired) electrons. The van der Waals surface area contributed by atoms with Gasteiger partial charge in [-0.25, -0.2) is 4.79 Å². The first-order valence-electron chi connectivity index (χ1n) is 11.3. The second-order valence-electron chi connectivity index (χ2n) is 10.0. The van der Waals surface area contributed by atoms with Gasteiger partial charge in [-0.1, -0.05) is 24.3 Å². The van der Waals surface area contributed by atoms with Gasteiger partial charge >= 0.3 is 11.9 Å². The Labute approximate surface area is 202 Å². The third kappa shape index (κ3) is 3.95. The van der Waals surface area contributed by atoms with E-state index in [1.165, 1.54) is 24.1 Å². The summed E-state index contributed by atoms with van der Waals surface area (Å²) in [6.07, 6.45) is -0.0719. The van der Waals surface area contributed by atoms with E-state index in [-0.39, 0.29) is 12.2 Å². The van der Waals surface area contributed by atoms with Crippen LogP contribution in [0.4, 0.5) is 0 Å². The number of hydrogen-bond acceptors (Lipinski definition) is 7. The predicted molar refractivity (Wildman–Crippen MR) is 124 cm³/mol. The fourth-order valence-corrected chi connectivity index (χ4v) is 5.27. The van der Waals surface area contributed by atoms with Gasteiger partial charge in [-0.15, -0.1) is 0 Å². The van der Waals surface area contributed by atoms with Gasteiger partial charge < -0.3 is 14.9 Å². The molecule has 0 aromatic heterocycles. The molecule has 4 atom stereocenters. The number of carbonyl (C=O) groups is 4. The van der Waals surface area contributed by atoms with Crippen molar-refractivity contribution in [2.24, 2.45) is 11.8 Å². The highest BCUT2D eigenvalue weighted by atomic mass is 16.5. The number of carboxylic acids is 1. The summed E-state index contributed by atoms with van der Waals surface area (Å²) in [4.78, 5) is 53.2. The number of benzene rings is 2. The topological polar surface area (TPSA) is 133 Å². The largest absolute Gasteiger partial charge is 0.508 e. The van der Waals surface area contributed by atoms with Crippen molar-refractivity contribution in [1.82, 2.24) is 10.2 Å². The maximum absolute atomic E-state index is 13.7. The van der Waals surface area contributed by atoms with Gasteiger partial charge in [-0.2, -0.15) is 0 Å². The summed E-state index contributed by atoms with van der Waals surface area (Å²) in [5, 5.41) is 23.3. The Hall–Kier alpha value is -3.72. The third-order valence-corrected chi connectivity index (χ3v) is 6.82. The third-order valence-electron chi connectivity index (χ3n) is 6.82. The van der Waals surface area contributed by atoms with Gasteiger partial charge in [0.25, 0.3) is 0 Å². The van der Waals surface area contributed by atoms with Crippen molar-refractivity contribution in [2.45, 2.75) is 44.3 Å². The smallest absolute Gasteiger partial charge is 0.337 e. The molecule has 0 aliphatic carbocycles. The Morgan fingerprint density at radius 1 is 1.03 bits per heavy atom. The van der Waals surface area contributed by atoms with Crippen LogP contribution in [0.5, 0.6) is 5.75 Å². The number of fused-ring (bicyclic) bond motifs is 1. The quantitative estimate of drug-likeness (QED) is 0.439. The van der Waals surface area contributed by atoms with E-state index < -0.39 is 52.7 Å². The highest BCUT2D eigenvalue weighted by molar-refractivity contribution is 6.10. The first-order valence-corrected chi connectivity index (χ1v) is 11.3. The molecule has 4 rings (SSSR count). The van der Waals surface area contributed by atoms with Crippen molar-refractivity contribution in [3.63, 3.8) is 0 Å². The van der Waals surface area contributed by atoms with Crippen molar-refractivity contribution in [3.05, 3.63) is 65.2 Å². The Morgan fingerprint density at radius 3 is 2.14 bits per heavy atom. The summed E-state index contributed by atoms with van der Waals surface area (Å²) in [6, 6.07) is 11.7. The monoisotopic (exact) mass is 480 g/mol. The Bertz CT molecular complexity index is 1180. The molecular weight excluding hydrogens is 452 g/mol. The summed E-state index contributed by atoms with van der Waals surface area (Å²) < 4.78 is 4.74. The number of carboxylic acid groups (broad SMARTS) is 1. The number of methoxy groups -OCH3 is 1. The lowest BCUT2D eigenvalue weighted by Gasteiger charge is -2.35. The number of esters is 1. The van der Waals surface area contributed by atoms with E-state index in [2.05, 4.69) is 5.32 Å². The van der Waals surface area contributed by atoms with E-state index in [1.54, 1.807) is 57.2 Å². The van der Waals surface area contributed by atoms with Gasteiger partial charge in [0.05, 0.1) is 24.5 Å². The molecule has 2 aliphatic heterocycles. The van der Waals surface area contributed by atoms with Crippen LogP contribution in [-0.4, -0.2) is 57.1 Å². The second kappa shape index (κ2) is 8.49. The van der Waals surface area contributed by atoms with Crippen molar-refractivity contribution in [3.8, 4) is 5.75 Å². The van der Waals surface area contributed by atoms with E-state index in [4.69, 9.17) is 4.74 Å². The predicted octanol–water partition coefficient (Wildman–Crippen LogP) is 2.29. The normalized spacial score (nSPS) is 26.1. The van der Waals surface area contributed by atoms with Crippen LogP contribution in [-0.2, 0) is 25.5 Å². The van der Waals surface area contributed by atoms with E-state index in [0.717, 1.165) is 0 Å². The van der Waals surface area contributed by atoms with Gasteiger partial charge in [0.1, 0.15) is 11.3 Å². The molecule has 2 saturated heterocycles. The molecule has 2 aromatic carbocycles. The fraction of sp³-hybridized carbons (Fsp3) is 0.385. The van der Waals surface area contributed by atoms with E-state index in [1.807, 2.05) is 0 Å². The van der Waals surface area contributed by atoms with E-state index in [9.17, 15) is 29.4 Å². The highest BCUT2D eigenvalue weighted by Crippen LogP contribution is 2.51. The zero-order valence-corrected chi connectivity index (χ0v) is 19.9. The Morgan fingerprint density at radius 2 is 1.63 bits per heavy atom. The first kappa shape index (κ1) is 24.4. The standard InChI is InChI=1S/C26H28N2O7/c1-25(2,3)28-21(30)18-19(22(28)31)26(24(33)34,13-14-5-11-17(29)12-6-14)27-20(18)15-7-9-16(10-8-15)23(32)35-4/h5-12,18-20,27,29H,13H2,1-4H3,(H,33,34). The highest BCUT2D eigenvalue weighted by Gasteiger charge is 2.69. The average Bonchev–Trinajstić information content (AvgIpc) is 3.29. The Balaban J connectivity index is 1.84. The number of amides is 2. The van der Waals surface area contributed by atoms with Crippen LogP contribution in [0.3, 0.4) is 0 Å². The summed E-state index contributed by atoms with van der Waals surface area (Å²) >= 11 is 0. The maximum Gasteiger partial charge on any atom is 0.337 e. The number of rotatable bonds is 5. The molecule has 4 unspecified atom stereocenters. The van der Waals surface area contributed by atoms with Gasteiger partial charge in [0.2, 0.25) is 11.8 Å². The molecule has 0 saturated carbocycles. The molecule has 2 heterocycles. The molecule has 35 heavy (non-hydrogen) atoms. The van der Waals surface area contributed by atoms with Crippen LogP contribution >= 0.6 is 0 Å². The number of hydrogen-bond donors (Lipinski definition) is 3. The van der Waals surface area contributed by atoms with Crippen molar-refractivity contribution in [1.29, 1.82) is 0 Å². The molecule has 3 N–H and O–H groups in total. The second-order valence-corrected chi connectivity index (χ2v) is 10.0. The van der Waals surface area contributed by atoms with Gasteiger partial charge in [0, 0.05) is 18.0 Å². The first-order chi connectivity index (χ1) is 16.4. The zero-order chi connectivity index (χ0) is 25.7. The molecule has 184 valence electrons. The zero-order valence-electron chi connectivity index (χ0n) is 19.9. The number of carbonyl (C=O) groups excluding carboxylic acids is 3. The minimum absolute atomic E-state index is 0.0324. The summed E-state index contributed by atoms with van der Waals surface area (Å²) in [5.74, 6) is -4.79. The lowest BCUT2D eigenvalue weighted by atomic mass is 9.76. The van der Waals surface area contributed by atoms with Crippen molar-refractivity contribution >= 4 is 23.8 Å². The summed E-state index contributed by atoms with van der Waals surface area (Å²) in [5.41, 5.74) is -1.11. The van der Waals surface area contributed by atoms with Crippen molar-refractivity contribution in [2.75, 3.05) is 7.11 Å². The number of aliphatic carboxylic acids is 1. The van der Waals surface area contributed by atoms with Gasteiger partial charge in [0.15, 0.2) is 0 Å². The number of ether oxygens (including phenoxy) is 1. The van der Waals surface area contributed by atoms with Crippen LogP contribution in [0.2, 0.25) is 0 Å². The van der Waals surface area contributed by atoms with E-state index in [0.29, 0.717) is 16.7 Å². The van der Waals surface area contributed by atoms with Gasteiger partial charge in [-0.05, 0) is 56.2 Å². The summed E-state index contributed by atoms with van der Waals surface area (Å²) in [6.45, 7) is 5.21. The molecule has 2 fully saturated rings. The Kier molecular flexibility index (Phi) is 5.92. The molecule has 2 aliphatic rings. The number of nitrogens with one attached hydrogen (secondary N) is 1. The summed E-state index contributed by atoms with van der Waals surface area (Å²) in [7, 11) is 1.27. The lowest BCUT2D eigenvalue weighted by Crippen LogP contribution is -2.58. The number of aromatic hydroxyl groups is 1. The van der Waals surface area contributed by atoms with Crippen molar-refractivity contribution < 1.29 is 34.1 Å². The number of nitrogens with zero attached hydrogens (tertiary/aromatic N) is 1. The van der Waals surface area contributed by atoms with E-state index >= 15 is 0 Å². The molecule has 0 spiro atoms. The minimum atomic E-state index is -1.76. The van der Waals surface area contributed by atoms with Crippen LogP contribution in [0.1, 0.15) is 48.3 Å². The fourth-order valence-electron chi connectivity index (χ4n) is 5.27. The molecule has 2 amide bonds. The van der Waals surface area contributed by atoms with Crippen LogP contribution in [0, 0.1) is 11.8 Å². The number of phenols is 1. The number of phenolic OH excluding ortho intramolecular Hbond substituents is 1. The van der Waals surface area contributed by atoms with Crippen LogP contribution < -0.4 is 5.32 Å². The molecule has 9 nitrogen and oxygen atoms in total. The number of likely N-dealkylation sites (tertiary alicyclic amines) is 1. The maximum atomic E-state index is 13.7. The van der Waals surface area contributed by atoms with Crippen LogP contribution in [0.25, 0.3) is 0 Å². The minimum Gasteiger partial charge on any atom is -0.508 e. The molecular formula is C26H28N2O7. The molecule has 9 heteroatoms. The van der Waals surface area contributed by atoms with Gasteiger partial charge in [-0.3, -0.25) is 24.6 Å². The van der Waals surface area contributed by atoms with Crippen LogP contribution in [0.15, 0.2) is 48.5 Å². The SMILES string of the molecule is COC(=O)c1ccc(C2NC(Cc3ccc(O)cc3)(C(=O)O)C3C(=O)N(C(C)(C)C)C(=O)C23)cc1. The number of imide groups is 1. The lowest BCUT2D eigenvalue weighted by molar-refractivity contribution is -0.153.